The molecule has 0 aliphatic carbocycles. The molecular formula is C46H34B6N4O. The molecule has 0 spiro atoms. The van der Waals surface area contributed by atoms with Crippen molar-refractivity contribution in [1.82, 2.24) is 9.97 Å². The van der Waals surface area contributed by atoms with E-state index in [1.807, 2.05) is 0 Å². The number of para-hydroxylation sites is 2. The van der Waals surface area contributed by atoms with Gasteiger partial charge < -0.3 is 4.42 Å². The minimum atomic E-state index is 0.569. The Kier molecular flexibility index (Phi) is 7.37. The van der Waals surface area contributed by atoms with Crippen molar-refractivity contribution in [2.24, 2.45) is 0 Å². The first-order chi connectivity index (χ1) is 27.8. The van der Waals surface area contributed by atoms with Crippen LogP contribution in [0.1, 0.15) is 0 Å². The van der Waals surface area contributed by atoms with Gasteiger partial charge in [0.25, 0.3) is 5.95 Å². The van der Waals surface area contributed by atoms with Crippen molar-refractivity contribution in [3.8, 4) is 22.4 Å². The molecular weight excluding hydrogens is 689 g/mol. The second kappa shape index (κ2) is 12.5. The molecule has 3 heterocycles. The highest BCUT2D eigenvalue weighted by atomic mass is 16.3. The fourth-order valence-electron chi connectivity index (χ4n) is 9.82. The largest absolute Gasteiger partial charge is 0.454 e. The summed E-state index contributed by atoms with van der Waals surface area (Å²) in [6, 6.07) is 47.9. The lowest BCUT2D eigenvalue weighted by Gasteiger charge is -2.44. The fourth-order valence-corrected chi connectivity index (χ4v) is 9.82. The van der Waals surface area contributed by atoms with Gasteiger partial charge in [0.15, 0.2) is 5.58 Å². The van der Waals surface area contributed by atoms with Gasteiger partial charge in [-0.25, -0.2) is 20.0 Å². The van der Waals surface area contributed by atoms with Gasteiger partial charge in [0, 0.05) is 27.3 Å². The van der Waals surface area contributed by atoms with Crippen molar-refractivity contribution >= 4 is 157 Å². The van der Waals surface area contributed by atoms with Crippen LogP contribution in [0, 0.1) is 0 Å². The third-order valence-electron chi connectivity index (χ3n) is 11.9. The van der Waals surface area contributed by atoms with Crippen LogP contribution in [-0.2, 0) is 0 Å². The van der Waals surface area contributed by atoms with E-state index >= 15 is 0 Å². The summed E-state index contributed by atoms with van der Waals surface area (Å²) in [6.45, 7) is 0. The second-order valence-electron chi connectivity index (χ2n) is 15.8. The van der Waals surface area contributed by atoms with Crippen LogP contribution in [-0.4, -0.2) is 57.0 Å². The van der Waals surface area contributed by atoms with E-state index in [4.69, 9.17) is 14.4 Å². The van der Waals surface area contributed by atoms with Gasteiger partial charge in [-0.2, -0.15) is 0 Å². The molecule has 1 aliphatic rings. The van der Waals surface area contributed by atoms with Crippen LogP contribution < -0.4 is 42.8 Å². The van der Waals surface area contributed by atoms with Crippen LogP contribution in [0.15, 0.2) is 138 Å². The first kappa shape index (κ1) is 33.7. The molecule has 262 valence electrons. The molecule has 0 bridgehead atoms. The summed E-state index contributed by atoms with van der Waals surface area (Å²) < 4.78 is 7.13. The van der Waals surface area contributed by atoms with Gasteiger partial charge in [-0.1, -0.05) is 148 Å². The summed E-state index contributed by atoms with van der Waals surface area (Å²) in [7, 11) is 13.1. The molecule has 0 atom stereocenters. The van der Waals surface area contributed by atoms with Crippen LogP contribution in [0.5, 0.6) is 0 Å². The van der Waals surface area contributed by atoms with E-state index in [2.05, 4.69) is 191 Å². The summed E-state index contributed by atoms with van der Waals surface area (Å²) in [5.41, 5.74) is 17.0. The van der Waals surface area contributed by atoms with Crippen LogP contribution >= 0.6 is 0 Å². The van der Waals surface area contributed by atoms with Gasteiger partial charge in [-0.05, 0) is 45.3 Å². The molecule has 0 radical (unpaired) electrons. The molecule has 0 saturated heterocycles. The predicted molar refractivity (Wildman–Crippen MR) is 259 cm³/mol. The molecule has 1 aliphatic heterocycles. The zero-order valence-electron chi connectivity index (χ0n) is 32.9. The van der Waals surface area contributed by atoms with Gasteiger partial charge in [0.05, 0.1) is 22.6 Å². The first-order valence-corrected chi connectivity index (χ1v) is 19.7. The lowest BCUT2D eigenvalue weighted by atomic mass is 9.75. The van der Waals surface area contributed by atoms with Gasteiger partial charge in [-0.3, -0.25) is 0 Å². The Morgan fingerprint density at radius 1 is 0.456 bits per heavy atom. The zero-order valence-corrected chi connectivity index (χ0v) is 32.9. The van der Waals surface area contributed by atoms with Crippen molar-refractivity contribution in [2.45, 2.75) is 0 Å². The van der Waals surface area contributed by atoms with Crippen molar-refractivity contribution in [3.63, 3.8) is 0 Å². The third-order valence-corrected chi connectivity index (χ3v) is 11.9. The topological polar surface area (TPSA) is 45.4 Å². The summed E-state index contributed by atoms with van der Waals surface area (Å²) in [5, 5.41) is 12.5. The normalized spacial score (nSPS) is 12.6. The van der Waals surface area contributed by atoms with E-state index < -0.39 is 0 Å². The lowest BCUT2D eigenvalue weighted by molar-refractivity contribution is 0.667. The van der Waals surface area contributed by atoms with E-state index in [1.165, 1.54) is 32.6 Å². The quantitative estimate of drug-likeness (QED) is 0.261. The van der Waals surface area contributed by atoms with Gasteiger partial charge in [0.2, 0.25) is 0 Å². The van der Waals surface area contributed by atoms with E-state index in [0.29, 0.717) is 5.95 Å². The Morgan fingerprint density at radius 3 is 1.79 bits per heavy atom. The highest BCUT2D eigenvalue weighted by Gasteiger charge is 2.39. The number of anilines is 4. The van der Waals surface area contributed by atoms with Crippen LogP contribution in [0.2, 0.25) is 0 Å². The van der Waals surface area contributed by atoms with Crippen molar-refractivity contribution < 1.29 is 4.42 Å². The number of benzene rings is 8. The Morgan fingerprint density at radius 2 is 1.05 bits per heavy atom. The molecule has 0 amide bonds. The van der Waals surface area contributed by atoms with Crippen molar-refractivity contribution in [2.75, 3.05) is 10.0 Å². The van der Waals surface area contributed by atoms with E-state index in [1.54, 1.807) is 0 Å². The van der Waals surface area contributed by atoms with E-state index in [9.17, 15) is 0 Å². The zero-order chi connectivity index (χ0) is 38.7. The minimum absolute atomic E-state index is 0.569. The molecule has 10 aromatic rings. The van der Waals surface area contributed by atoms with Crippen LogP contribution in [0.25, 0.3) is 76.8 Å². The molecule has 11 heteroatoms. The number of fused-ring (bicyclic) bond motifs is 13. The number of rotatable bonds is 3. The lowest BCUT2D eigenvalue weighted by Crippen LogP contribution is -2.45. The van der Waals surface area contributed by atoms with Gasteiger partial charge >= 0.3 is 0 Å². The molecule has 0 unspecified atom stereocenters. The highest BCUT2D eigenvalue weighted by molar-refractivity contribution is 6.49. The summed E-state index contributed by atoms with van der Waals surface area (Å²) in [6.07, 6.45) is 0. The average Bonchev–Trinajstić information content (AvgIpc) is 3.60. The molecule has 57 heavy (non-hydrogen) atoms. The Balaban J connectivity index is 1.38. The summed E-state index contributed by atoms with van der Waals surface area (Å²) in [5.74, 6) is 0.569. The number of furan rings is 1. The van der Waals surface area contributed by atoms with Crippen molar-refractivity contribution in [3.05, 3.63) is 133 Å². The number of hydrazine groups is 1. The summed E-state index contributed by atoms with van der Waals surface area (Å²) >= 11 is 0. The molecule has 0 fully saturated rings. The fraction of sp³-hybridized carbons (Fsp3) is 0. The van der Waals surface area contributed by atoms with E-state index in [0.717, 1.165) is 94.0 Å². The maximum absolute atomic E-state index is 7.13. The van der Waals surface area contributed by atoms with Crippen LogP contribution in [0.4, 0.5) is 23.0 Å². The number of nitrogens with zero attached hydrogens (tertiary/aromatic N) is 4. The standard InChI is InChI=1S/C46H34B6N4O/c47-24-19-31(49)41(32(50)20-24)42-29-13-5-7-15-35(29)53-46(54-42)56-44-40(28-12-4-3-11-27(28)38-30-14-6-8-16-37(30)57-45(38)44)39-26-10-2-1-9-23(26)17-18-36(39)55(56)43-33(51)21-25(48)22-34(43)52/h1-22H,47-52H2. The van der Waals surface area contributed by atoms with E-state index in [-0.39, 0.29) is 0 Å². The van der Waals surface area contributed by atoms with Crippen LogP contribution in [0.3, 0.4) is 0 Å². The SMILES string of the molecule is Bc1cc(B)c(-c2nc(N3c4c(c5ccccc5c5c4oc4ccccc45)-c4c(ccc5ccccc45)N3c3c(B)cc(B)cc3B)nc3ccccc23)c(B)c1. The predicted octanol–water partition coefficient (Wildman–Crippen LogP) is 1.92. The molecule has 0 saturated carbocycles. The smallest absolute Gasteiger partial charge is 0.251 e. The van der Waals surface area contributed by atoms with Crippen molar-refractivity contribution in [1.29, 1.82) is 0 Å². The summed E-state index contributed by atoms with van der Waals surface area (Å²) in [4.78, 5) is 11.2. The highest BCUT2D eigenvalue weighted by Crippen LogP contribution is 2.57. The Bertz CT molecular complexity index is 3320. The maximum atomic E-state index is 7.13. The second-order valence-corrected chi connectivity index (χ2v) is 15.8. The molecule has 5 nitrogen and oxygen atoms in total. The maximum Gasteiger partial charge on any atom is 0.251 e. The molecule has 0 N–H and O–H groups in total. The van der Waals surface area contributed by atoms with Gasteiger partial charge in [-0.15, -0.1) is 0 Å². The van der Waals surface area contributed by atoms with Gasteiger partial charge in [0.1, 0.15) is 58.3 Å². The average molecular weight is 724 g/mol. The molecule has 8 aromatic carbocycles. The monoisotopic (exact) mass is 724 g/mol. The number of hydrogen-bond acceptors (Lipinski definition) is 5. The minimum Gasteiger partial charge on any atom is -0.454 e. The number of hydrogen-bond donors (Lipinski definition) is 0. The first-order valence-electron chi connectivity index (χ1n) is 19.7. The molecule has 2 aromatic heterocycles. The Labute approximate surface area is 336 Å². The molecule has 11 rings (SSSR count). The number of aromatic nitrogens is 2. The third kappa shape index (κ3) is 4.91. The Hall–Kier alpha value is -6.59.